The molecule has 5 aliphatic rings. The molecule has 11 nitrogen and oxygen atoms in total. The molecule has 4 fully saturated rings. The number of hydrogen-bond acceptors (Lipinski definition) is 9. The topological polar surface area (TPSA) is 122 Å². The second-order valence-corrected chi connectivity index (χ2v) is 15.7. The Morgan fingerprint density at radius 2 is 1.37 bits per heavy atom. The molecule has 1 aliphatic carbocycles. The number of halogens is 2. The van der Waals surface area contributed by atoms with E-state index in [0.717, 1.165) is 85.5 Å². The lowest BCUT2D eigenvalue weighted by Crippen LogP contribution is -2.67. The minimum atomic E-state index is -0.106. The molecule has 4 aromatic rings. The molecule has 2 spiro atoms. The van der Waals surface area contributed by atoms with Gasteiger partial charge < -0.3 is 20.1 Å². The molecule has 2 N–H and O–H groups in total. The summed E-state index contributed by atoms with van der Waals surface area (Å²) in [6.45, 7) is 3.85. The van der Waals surface area contributed by atoms with Gasteiger partial charge in [0.25, 0.3) is 0 Å². The quantitative estimate of drug-likeness (QED) is 0.238. The van der Waals surface area contributed by atoms with Crippen LogP contribution in [-0.2, 0) is 22.6 Å². The van der Waals surface area contributed by atoms with Crippen molar-refractivity contribution in [2.75, 3.05) is 40.4 Å². The number of nitrogens with zero attached hydrogens (tertiary/aromatic N) is 5. The number of benzene rings is 2. The lowest BCUT2D eigenvalue weighted by atomic mass is 9.86. The van der Waals surface area contributed by atoms with Gasteiger partial charge in [-0.15, -0.1) is 0 Å². The molecule has 2 aromatic heterocycles. The van der Waals surface area contributed by atoms with E-state index < -0.39 is 0 Å². The standard InChI is InChI=1S/C39H39Cl2N7O4/c1-51-36-29(17-47-18-38(19-47)13-11-31(49)45-38)42-16-28(44-36)26-8-4-6-24(35(26)41)23-5-3-7-25(34(23)40)27-15-22-9-10-30(33(22)37(43-27)52-2)48-20-39(21-48)14-12-32(50)46-39/h3-8,15-16,30H,9-14,17-21H2,1-2H3,(H,45,49)(H,46,50)/t30-/m1/s1. The summed E-state index contributed by atoms with van der Waals surface area (Å²) >= 11 is 14.4. The Labute approximate surface area is 312 Å². The summed E-state index contributed by atoms with van der Waals surface area (Å²) in [6, 6.07) is 14.0. The summed E-state index contributed by atoms with van der Waals surface area (Å²) in [5, 5.41) is 7.36. The number of pyridine rings is 1. The molecule has 9 rings (SSSR count). The van der Waals surface area contributed by atoms with Gasteiger partial charge in [-0.1, -0.05) is 59.6 Å². The Hall–Kier alpha value is -4.29. The van der Waals surface area contributed by atoms with Crippen LogP contribution in [0.2, 0.25) is 10.0 Å². The molecular formula is C39H39Cl2N7O4. The van der Waals surface area contributed by atoms with Crippen molar-refractivity contribution in [1.82, 2.24) is 35.4 Å². The number of amides is 2. The van der Waals surface area contributed by atoms with E-state index in [4.69, 9.17) is 47.6 Å². The fourth-order valence-electron chi connectivity index (χ4n) is 9.02. The maximum atomic E-state index is 11.9. The van der Waals surface area contributed by atoms with Crippen LogP contribution in [0.25, 0.3) is 33.6 Å². The smallest absolute Gasteiger partial charge is 0.237 e. The van der Waals surface area contributed by atoms with E-state index in [0.29, 0.717) is 52.4 Å². The Kier molecular flexibility index (Phi) is 8.18. The van der Waals surface area contributed by atoms with Crippen LogP contribution >= 0.6 is 23.2 Å². The van der Waals surface area contributed by atoms with Crippen molar-refractivity contribution < 1.29 is 19.1 Å². The van der Waals surface area contributed by atoms with Crippen molar-refractivity contribution in [2.45, 2.75) is 62.2 Å². The molecular weight excluding hydrogens is 701 g/mol. The van der Waals surface area contributed by atoms with Gasteiger partial charge in [0.05, 0.1) is 52.9 Å². The van der Waals surface area contributed by atoms with Crippen molar-refractivity contribution in [1.29, 1.82) is 0 Å². The number of aromatic nitrogens is 3. The summed E-state index contributed by atoms with van der Waals surface area (Å²) in [7, 11) is 3.26. The van der Waals surface area contributed by atoms with Gasteiger partial charge in [0.2, 0.25) is 23.6 Å². The molecule has 4 aliphatic heterocycles. The first-order chi connectivity index (χ1) is 25.2. The molecule has 268 valence electrons. The summed E-state index contributed by atoms with van der Waals surface area (Å²) in [6.07, 6.45) is 6.58. The van der Waals surface area contributed by atoms with Crippen LogP contribution < -0.4 is 20.1 Å². The van der Waals surface area contributed by atoms with Crippen LogP contribution in [0, 0.1) is 0 Å². The van der Waals surface area contributed by atoms with Crippen LogP contribution in [0.1, 0.15) is 55.0 Å². The van der Waals surface area contributed by atoms with Crippen molar-refractivity contribution in [2.24, 2.45) is 0 Å². The molecule has 52 heavy (non-hydrogen) atoms. The number of carbonyl (C=O) groups excluding carboxylic acids is 2. The number of ether oxygens (including phenoxy) is 2. The normalized spacial score (nSPS) is 21.5. The Bertz CT molecular complexity index is 2130. The average Bonchev–Trinajstić information content (AvgIpc) is 3.84. The molecule has 1 atom stereocenters. The maximum Gasteiger partial charge on any atom is 0.237 e. The van der Waals surface area contributed by atoms with Crippen molar-refractivity contribution in [3.63, 3.8) is 0 Å². The highest BCUT2D eigenvalue weighted by atomic mass is 35.5. The predicted octanol–water partition coefficient (Wildman–Crippen LogP) is 5.61. The summed E-state index contributed by atoms with van der Waals surface area (Å²) in [5.74, 6) is 1.33. The second-order valence-electron chi connectivity index (χ2n) is 14.9. The first-order valence-electron chi connectivity index (χ1n) is 17.8. The van der Waals surface area contributed by atoms with Crippen LogP contribution in [0.5, 0.6) is 11.8 Å². The highest BCUT2D eigenvalue weighted by Crippen LogP contribution is 2.48. The van der Waals surface area contributed by atoms with Crippen LogP contribution in [0.15, 0.2) is 48.7 Å². The molecule has 13 heteroatoms. The molecule has 0 radical (unpaired) electrons. The Morgan fingerprint density at radius 1 is 0.788 bits per heavy atom. The third kappa shape index (κ3) is 5.60. The largest absolute Gasteiger partial charge is 0.481 e. The number of carbonyl (C=O) groups is 2. The van der Waals surface area contributed by atoms with Crippen molar-refractivity contribution in [3.05, 3.63) is 75.5 Å². The fraction of sp³-hybridized carbons (Fsp3) is 0.410. The van der Waals surface area contributed by atoms with Crippen molar-refractivity contribution >= 4 is 35.0 Å². The molecule has 6 heterocycles. The number of hydrogen-bond donors (Lipinski definition) is 2. The maximum absolute atomic E-state index is 11.9. The van der Waals surface area contributed by atoms with Gasteiger partial charge in [0.15, 0.2) is 0 Å². The highest BCUT2D eigenvalue weighted by molar-refractivity contribution is 6.39. The Balaban J connectivity index is 0.973. The monoisotopic (exact) mass is 739 g/mol. The van der Waals surface area contributed by atoms with Gasteiger partial charge in [0.1, 0.15) is 5.69 Å². The first-order valence-corrected chi connectivity index (χ1v) is 18.6. The van der Waals surface area contributed by atoms with Gasteiger partial charge in [-0.25, -0.2) is 9.97 Å². The predicted molar refractivity (Wildman–Crippen MR) is 197 cm³/mol. The van der Waals surface area contributed by atoms with Crippen molar-refractivity contribution in [3.8, 4) is 45.4 Å². The van der Waals surface area contributed by atoms with Gasteiger partial charge in [-0.05, 0) is 37.3 Å². The van der Waals surface area contributed by atoms with E-state index in [9.17, 15) is 9.59 Å². The van der Waals surface area contributed by atoms with Gasteiger partial charge in [0, 0.05) is 79.4 Å². The van der Waals surface area contributed by atoms with E-state index in [1.165, 1.54) is 5.56 Å². The average molecular weight is 741 g/mol. The number of rotatable bonds is 8. The van der Waals surface area contributed by atoms with Gasteiger partial charge in [-0.2, -0.15) is 0 Å². The number of methoxy groups -OCH3 is 2. The summed E-state index contributed by atoms with van der Waals surface area (Å²) in [4.78, 5) is 42.9. The summed E-state index contributed by atoms with van der Waals surface area (Å²) in [5.41, 5.74) is 7.25. The third-order valence-electron chi connectivity index (χ3n) is 11.5. The van der Waals surface area contributed by atoms with E-state index in [2.05, 4.69) is 26.5 Å². The first kappa shape index (κ1) is 33.5. The van der Waals surface area contributed by atoms with E-state index >= 15 is 0 Å². The lowest BCUT2D eigenvalue weighted by molar-refractivity contribution is -0.121. The SMILES string of the molecule is COc1nc(-c2cccc(-c3cccc(-c4cc5c(c(OC)n4)[C@H](N4CC6(CCC(=O)N6)C4)CC5)c3Cl)c2Cl)cnc1CN1CC2(CCC(=O)N2)C1. The number of nitrogens with one attached hydrogen (secondary N) is 2. The highest BCUT2D eigenvalue weighted by Gasteiger charge is 2.51. The second kappa shape index (κ2) is 12.7. The molecule has 0 bridgehead atoms. The molecule has 2 amide bonds. The zero-order valence-corrected chi connectivity index (χ0v) is 30.6. The van der Waals surface area contributed by atoms with E-state index in [1.807, 2.05) is 36.4 Å². The fourth-order valence-corrected chi connectivity index (χ4v) is 9.67. The number of aryl methyl sites for hydroxylation is 1. The minimum Gasteiger partial charge on any atom is -0.481 e. The molecule has 4 saturated heterocycles. The minimum absolute atomic E-state index is 0.0792. The van der Waals surface area contributed by atoms with E-state index in [1.54, 1.807) is 20.4 Å². The van der Waals surface area contributed by atoms with Crippen LogP contribution in [0.4, 0.5) is 0 Å². The zero-order chi connectivity index (χ0) is 35.8. The Morgan fingerprint density at radius 3 is 1.96 bits per heavy atom. The molecule has 0 unspecified atom stereocenters. The molecule has 0 saturated carbocycles. The summed E-state index contributed by atoms with van der Waals surface area (Å²) < 4.78 is 11.6. The number of likely N-dealkylation sites (tertiary alicyclic amines) is 2. The molecule has 2 aromatic carbocycles. The van der Waals surface area contributed by atoms with E-state index in [-0.39, 0.29) is 28.9 Å². The zero-order valence-electron chi connectivity index (χ0n) is 29.1. The third-order valence-corrected chi connectivity index (χ3v) is 12.3. The van der Waals surface area contributed by atoms with Gasteiger partial charge >= 0.3 is 0 Å². The van der Waals surface area contributed by atoms with Crippen LogP contribution in [0.3, 0.4) is 0 Å². The van der Waals surface area contributed by atoms with Crippen LogP contribution in [-0.4, -0.2) is 88.0 Å². The number of fused-ring (bicyclic) bond motifs is 1. The lowest BCUT2D eigenvalue weighted by Gasteiger charge is -2.50. The van der Waals surface area contributed by atoms with Gasteiger partial charge in [-0.3, -0.25) is 24.4 Å².